The molecule has 0 saturated heterocycles. The Kier molecular flexibility index (Phi) is 4.17. The molecule has 3 aromatic rings. The largest absolute Gasteiger partial charge is 0.383 e. The molecule has 0 unspecified atom stereocenters. The van der Waals surface area contributed by atoms with Crippen molar-refractivity contribution in [1.29, 1.82) is 0 Å². The van der Waals surface area contributed by atoms with Gasteiger partial charge in [0.1, 0.15) is 0 Å². The van der Waals surface area contributed by atoms with Gasteiger partial charge in [-0.1, -0.05) is 5.21 Å². The van der Waals surface area contributed by atoms with Gasteiger partial charge in [-0.05, 0) is 6.07 Å². The van der Waals surface area contributed by atoms with E-state index in [9.17, 15) is 0 Å². The summed E-state index contributed by atoms with van der Waals surface area (Å²) in [4.78, 5) is 8.63. The molecule has 3 aromatic heterocycles. The van der Waals surface area contributed by atoms with Crippen LogP contribution in [0, 0.1) is 0 Å². The highest BCUT2D eigenvalue weighted by Gasteiger charge is 2.05. The van der Waals surface area contributed by atoms with Crippen molar-refractivity contribution in [2.24, 2.45) is 0 Å². The van der Waals surface area contributed by atoms with Crippen LogP contribution >= 0.6 is 0 Å². The number of fused-ring (bicyclic) bond motifs is 1. The molecule has 0 bridgehead atoms. The molecule has 0 saturated carbocycles. The van der Waals surface area contributed by atoms with E-state index in [0.29, 0.717) is 25.5 Å². The summed E-state index contributed by atoms with van der Waals surface area (Å²) in [6.07, 6.45) is 7.51. The summed E-state index contributed by atoms with van der Waals surface area (Å²) in [5.41, 5.74) is 1.80. The predicted octanol–water partition coefficient (Wildman–Crippen LogP) is 0.105. The molecule has 110 valence electrons. The van der Waals surface area contributed by atoms with Crippen molar-refractivity contribution in [3.8, 4) is 0 Å². The van der Waals surface area contributed by atoms with Crippen molar-refractivity contribution in [1.82, 2.24) is 34.7 Å². The normalized spacial score (nSPS) is 11.3. The highest BCUT2D eigenvalue weighted by atomic mass is 16.5. The molecule has 8 heteroatoms. The lowest BCUT2D eigenvalue weighted by Crippen LogP contribution is -2.18. The van der Waals surface area contributed by atoms with Gasteiger partial charge in [-0.2, -0.15) is 0 Å². The second-order valence-electron chi connectivity index (χ2n) is 4.64. The number of nitrogens with zero attached hydrogens (tertiary/aromatic N) is 6. The molecule has 8 nitrogen and oxygen atoms in total. The summed E-state index contributed by atoms with van der Waals surface area (Å²) >= 11 is 0. The second kappa shape index (κ2) is 6.42. The zero-order valence-corrected chi connectivity index (χ0v) is 11.8. The fourth-order valence-electron chi connectivity index (χ4n) is 2.01. The lowest BCUT2D eigenvalue weighted by Gasteiger charge is -1.99. The predicted molar refractivity (Wildman–Crippen MR) is 75.7 cm³/mol. The van der Waals surface area contributed by atoms with Crippen molar-refractivity contribution in [3.63, 3.8) is 0 Å². The zero-order valence-electron chi connectivity index (χ0n) is 11.8. The minimum absolute atomic E-state index is 0.578. The summed E-state index contributed by atoms with van der Waals surface area (Å²) in [5.74, 6) is 0.689. The van der Waals surface area contributed by atoms with Crippen molar-refractivity contribution in [2.75, 3.05) is 20.3 Å². The number of methoxy groups -OCH3 is 1. The van der Waals surface area contributed by atoms with Crippen LogP contribution in [0.4, 0.5) is 0 Å². The topological polar surface area (TPSA) is 82.2 Å². The van der Waals surface area contributed by atoms with E-state index in [0.717, 1.165) is 17.9 Å². The molecule has 1 N–H and O–H groups in total. The van der Waals surface area contributed by atoms with Crippen LogP contribution in [0.5, 0.6) is 0 Å². The molecule has 3 rings (SSSR count). The van der Waals surface area contributed by atoms with Crippen molar-refractivity contribution >= 4 is 5.78 Å². The molecule has 0 fully saturated rings. The Labute approximate surface area is 121 Å². The monoisotopic (exact) mass is 287 g/mol. The molecular weight excluding hydrogens is 270 g/mol. The SMILES string of the molecule is COCCNCc1cn(Cc2cn3cccnc3n2)nn1. The number of rotatable bonds is 7. The number of hydrogen-bond acceptors (Lipinski definition) is 6. The molecule has 0 aliphatic carbocycles. The van der Waals surface area contributed by atoms with Gasteiger partial charge in [0.25, 0.3) is 0 Å². The molecule has 0 radical (unpaired) electrons. The maximum atomic E-state index is 4.97. The maximum absolute atomic E-state index is 4.97. The molecule has 0 atom stereocenters. The van der Waals surface area contributed by atoms with E-state index in [1.165, 1.54) is 0 Å². The van der Waals surface area contributed by atoms with Crippen LogP contribution in [0.3, 0.4) is 0 Å². The first-order valence-corrected chi connectivity index (χ1v) is 6.72. The van der Waals surface area contributed by atoms with Gasteiger partial charge in [0.05, 0.1) is 30.7 Å². The fraction of sp³-hybridized carbons (Fsp3) is 0.385. The van der Waals surface area contributed by atoms with Crippen LogP contribution in [-0.2, 0) is 17.8 Å². The minimum atomic E-state index is 0.578. The average molecular weight is 287 g/mol. The summed E-state index contributed by atoms with van der Waals surface area (Å²) < 4.78 is 8.63. The summed E-state index contributed by atoms with van der Waals surface area (Å²) in [6.45, 7) is 2.73. The Balaban J connectivity index is 1.61. The van der Waals surface area contributed by atoms with Crippen molar-refractivity contribution < 1.29 is 4.74 Å². The quantitative estimate of drug-likeness (QED) is 0.621. The molecular formula is C13H17N7O. The third-order valence-corrected chi connectivity index (χ3v) is 2.98. The van der Waals surface area contributed by atoms with Crippen molar-refractivity contribution in [2.45, 2.75) is 13.1 Å². The number of nitrogens with one attached hydrogen (secondary N) is 1. The van der Waals surface area contributed by atoms with E-state index in [-0.39, 0.29) is 0 Å². The van der Waals surface area contributed by atoms with Crippen LogP contribution in [0.15, 0.2) is 30.9 Å². The summed E-state index contributed by atoms with van der Waals surface area (Å²) in [6, 6.07) is 1.87. The van der Waals surface area contributed by atoms with Crippen LogP contribution in [0.25, 0.3) is 5.78 Å². The molecule has 0 spiro atoms. The van der Waals surface area contributed by atoms with E-state index in [2.05, 4.69) is 25.6 Å². The van der Waals surface area contributed by atoms with Gasteiger partial charge in [0, 0.05) is 38.8 Å². The zero-order chi connectivity index (χ0) is 14.5. The van der Waals surface area contributed by atoms with E-state index in [1.54, 1.807) is 18.0 Å². The molecule has 3 heterocycles. The Hall–Kier alpha value is -2.32. The lowest BCUT2D eigenvalue weighted by atomic mass is 10.4. The average Bonchev–Trinajstić information content (AvgIpc) is 3.10. The van der Waals surface area contributed by atoms with E-state index < -0.39 is 0 Å². The fourth-order valence-corrected chi connectivity index (χ4v) is 2.01. The molecule has 0 aromatic carbocycles. The second-order valence-corrected chi connectivity index (χ2v) is 4.64. The number of imidazole rings is 1. The Morgan fingerprint density at radius 1 is 1.29 bits per heavy atom. The molecule has 21 heavy (non-hydrogen) atoms. The Morgan fingerprint density at radius 2 is 2.24 bits per heavy atom. The molecule has 0 aliphatic heterocycles. The van der Waals surface area contributed by atoms with Gasteiger partial charge in [-0.15, -0.1) is 5.10 Å². The van der Waals surface area contributed by atoms with Crippen molar-refractivity contribution in [3.05, 3.63) is 42.2 Å². The maximum Gasteiger partial charge on any atom is 0.233 e. The highest BCUT2D eigenvalue weighted by Crippen LogP contribution is 2.04. The highest BCUT2D eigenvalue weighted by molar-refractivity contribution is 5.29. The van der Waals surface area contributed by atoms with Crippen LogP contribution in [-0.4, -0.2) is 49.6 Å². The van der Waals surface area contributed by atoms with E-state index >= 15 is 0 Å². The minimum Gasteiger partial charge on any atom is -0.383 e. The summed E-state index contributed by atoms with van der Waals surface area (Å²) in [7, 11) is 1.68. The number of hydrogen-bond donors (Lipinski definition) is 1. The smallest absolute Gasteiger partial charge is 0.233 e. The van der Waals surface area contributed by atoms with E-state index in [4.69, 9.17) is 4.74 Å². The van der Waals surface area contributed by atoms with Gasteiger partial charge < -0.3 is 10.1 Å². The summed E-state index contributed by atoms with van der Waals surface area (Å²) in [5, 5.41) is 11.5. The molecule has 0 amide bonds. The number of ether oxygens (including phenoxy) is 1. The van der Waals surface area contributed by atoms with Crippen LogP contribution in [0.2, 0.25) is 0 Å². The first-order valence-electron chi connectivity index (χ1n) is 6.72. The Morgan fingerprint density at radius 3 is 3.10 bits per heavy atom. The van der Waals surface area contributed by atoms with Crippen LogP contribution in [0.1, 0.15) is 11.4 Å². The lowest BCUT2D eigenvalue weighted by molar-refractivity contribution is 0.199. The van der Waals surface area contributed by atoms with Gasteiger partial charge >= 0.3 is 0 Å². The van der Waals surface area contributed by atoms with Crippen LogP contribution < -0.4 is 5.32 Å². The third kappa shape index (κ3) is 3.41. The first kappa shape index (κ1) is 13.7. The van der Waals surface area contributed by atoms with Gasteiger partial charge in [0.15, 0.2) is 0 Å². The number of aromatic nitrogens is 6. The van der Waals surface area contributed by atoms with Gasteiger partial charge in [-0.25, -0.2) is 14.6 Å². The molecule has 0 aliphatic rings. The van der Waals surface area contributed by atoms with Gasteiger partial charge in [-0.3, -0.25) is 4.40 Å². The third-order valence-electron chi connectivity index (χ3n) is 2.98. The van der Waals surface area contributed by atoms with Gasteiger partial charge in [0.2, 0.25) is 5.78 Å². The Bertz CT molecular complexity index is 672. The standard InChI is InChI=1S/C13H17N7O/c1-21-6-4-14-7-11-9-20(18-17-11)10-12-8-19-5-2-3-15-13(19)16-12/h2-3,5,8-9,14H,4,6-7,10H2,1H3. The first-order chi connectivity index (χ1) is 10.3. The van der Waals surface area contributed by atoms with E-state index in [1.807, 2.05) is 29.1 Å².